The van der Waals surface area contributed by atoms with Gasteiger partial charge in [-0.2, -0.15) is 0 Å². The highest BCUT2D eigenvalue weighted by Crippen LogP contribution is 2.25. The van der Waals surface area contributed by atoms with Gasteiger partial charge in [-0.15, -0.1) is 11.3 Å². The van der Waals surface area contributed by atoms with Gasteiger partial charge in [0.1, 0.15) is 10.7 Å². The molecule has 1 saturated carbocycles. The number of hydrogen-bond acceptors (Lipinski definition) is 5. The van der Waals surface area contributed by atoms with Crippen LogP contribution in [0.2, 0.25) is 0 Å². The van der Waals surface area contributed by atoms with Crippen molar-refractivity contribution in [3.8, 4) is 0 Å². The molecule has 28 heavy (non-hydrogen) atoms. The second-order valence-corrected chi connectivity index (χ2v) is 9.61. The summed E-state index contributed by atoms with van der Waals surface area (Å²) in [7, 11) is 0. The summed E-state index contributed by atoms with van der Waals surface area (Å²) < 4.78 is 0. The fourth-order valence-corrected chi connectivity index (χ4v) is 5.61. The van der Waals surface area contributed by atoms with Crippen LogP contribution in [0.3, 0.4) is 0 Å². The van der Waals surface area contributed by atoms with Gasteiger partial charge in [0.25, 0.3) is 5.56 Å². The van der Waals surface area contributed by atoms with Gasteiger partial charge in [0.15, 0.2) is 5.11 Å². The highest BCUT2D eigenvalue weighted by atomic mass is 32.1. The van der Waals surface area contributed by atoms with Crippen molar-refractivity contribution in [2.75, 3.05) is 26.2 Å². The molecule has 4 rings (SSSR count). The molecule has 1 aliphatic heterocycles. The number of piperazine rings is 1. The molecule has 0 amide bonds. The van der Waals surface area contributed by atoms with E-state index in [1.165, 1.54) is 32.1 Å². The van der Waals surface area contributed by atoms with Gasteiger partial charge in [-0.05, 0) is 44.5 Å². The molecule has 1 saturated heterocycles. The summed E-state index contributed by atoms with van der Waals surface area (Å²) in [6.45, 7) is 8.41. The first kappa shape index (κ1) is 19.8. The minimum absolute atomic E-state index is 0.0154. The molecule has 0 atom stereocenters. The fourth-order valence-electron chi connectivity index (χ4n) is 4.21. The predicted molar refractivity (Wildman–Crippen MR) is 119 cm³/mol. The maximum Gasteiger partial charge on any atom is 0.259 e. The molecule has 2 N–H and O–H groups in total. The number of hydrogen-bond donors (Lipinski definition) is 2. The second kappa shape index (κ2) is 8.47. The van der Waals surface area contributed by atoms with Crippen LogP contribution < -0.4 is 10.9 Å². The van der Waals surface area contributed by atoms with Crippen LogP contribution in [0.1, 0.15) is 48.4 Å². The van der Waals surface area contributed by atoms with E-state index in [4.69, 9.17) is 17.2 Å². The highest BCUT2D eigenvalue weighted by molar-refractivity contribution is 7.80. The van der Waals surface area contributed by atoms with Crippen LogP contribution in [0.25, 0.3) is 10.2 Å². The van der Waals surface area contributed by atoms with E-state index in [2.05, 4.69) is 20.1 Å². The maximum atomic E-state index is 12.5. The van der Waals surface area contributed by atoms with E-state index < -0.39 is 0 Å². The average Bonchev–Trinajstić information content (AvgIpc) is 2.97. The van der Waals surface area contributed by atoms with Gasteiger partial charge < -0.3 is 15.2 Å². The van der Waals surface area contributed by atoms with Crippen LogP contribution in [-0.2, 0) is 6.54 Å². The number of rotatable bonds is 3. The molecule has 8 heteroatoms. The minimum atomic E-state index is -0.0154. The number of H-pyrrole nitrogens is 1. The maximum absolute atomic E-state index is 12.5. The van der Waals surface area contributed by atoms with Crippen molar-refractivity contribution < 1.29 is 0 Å². The molecule has 1 aliphatic carbocycles. The third kappa shape index (κ3) is 4.23. The lowest BCUT2D eigenvalue weighted by molar-refractivity contribution is 0.170. The molecule has 6 nitrogen and oxygen atoms in total. The first-order valence-electron chi connectivity index (χ1n) is 10.3. The normalized spacial score (nSPS) is 19.3. The van der Waals surface area contributed by atoms with Crippen LogP contribution in [-0.4, -0.2) is 57.1 Å². The van der Waals surface area contributed by atoms with Crippen LogP contribution >= 0.6 is 23.6 Å². The molecule has 0 aromatic carbocycles. The third-order valence-corrected chi connectivity index (χ3v) is 7.53. The molecule has 2 aliphatic rings. The van der Waals surface area contributed by atoms with E-state index in [1.54, 1.807) is 11.3 Å². The zero-order valence-corrected chi connectivity index (χ0v) is 18.3. The number of nitrogens with zero attached hydrogens (tertiary/aromatic N) is 3. The van der Waals surface area contributed by atoms with Gasteiger partial charge >= 0.3 is 0 Å². The number of aromatic amines is 1. The Morgan fingerprint density at radius 2 is 1.93 bits per heavy atom. The standard InChI is InChI=1S/C20H29N5OS2/c1-13-14(2)28-19-17(13)18(26)22-16(23-19)12-24-8-10-25(11-9-24)20(27)21-15-6-4-3-5-7-15/h15H,3-12H2,1-2H3,(H,21,27)(H,22,23,26). The van der Waals surface area contributed by atoms with Gasteiger partial charge in [0.05, 0.1) is 11.9 Å². The van der Waals surface area contributed by atoms with Gasteiger partial charge in [0.2, 0.25) is 0 Å². The van der Waals surface area contributed by atoms with Gasteiger partial charge in [-0.25, -0.2) is 4.98 Å². The van der Waals surface area contributed by atoms with E-state index in [1.807, 2.05) is 13.8 Å². The van der Waals surface area contributed by atoms with Crippen molar-refractivity contribution in [1.82, 2.24) is 25.1 Å². The molecule has 0 unspecified atom stereocenters. The van der Waals surface area contributed by atoms with E-state index in [0.29, 0.717) is 12.6 Å². The summed E-state index contributed by atoms with van der Waals surface area (Å²) in [5.41, 5.74) is 1.03. The monoisotopic (exact) mass is 419 g/mol. The zero-order chi connectivity index (χ0) is 19.7. The molecule has 0 bridgehead atoms. The van der Waals surface area contributed by atoms with E-state index >= 15 is 0 Å². The van der Waals surface area contributed by atoms with Crippen molar-refractivity contribution in [3.63, 3.8) is 0 Å². The Morgan fingerprint density at radius 1 is 1.21 bits per heavy atom. The number of thiophene rings is 1. The van der Waals surface area contributed by atoms with Crippen LogP contribution in [0.15, 0.2) is 4.79 Å². The Kier molecular flexibility index (Phi) is 5.99. The molecular formula is C20H29N5OS2. The van der Waals surface area contributed by atoms with Crippen LogP contribution in [0.5, 0.6) is 0 Å². The van der Waals surface area contributed by atoms with Crippen LogP contribution in [0.4, 0.5) is 0 Å². The van der Waals surface area contributed by atoms with Crippen molar-refractivity contribution >= 4 is 38.9 Å². The van der Waals surface area contributed by atoms with E-state index in [0.717, 1.165) is 57.8 Å². The fraction of sp³-hybridized carbons (Fsp3) is 0.650. The molecule has 0 spiro atoms. The van der Waals surface area contributed by atoms with Gasteiger partial charge in [-0.3, -0.25) is 9.69 Å². The average molecular weight is 420 g/mol. The number of thiocarbonyl (C=S) groups is 1. The van der Waals surface area contributed by atoms with Crippen molar-refractivity contribution in [2.24, 2.45) is 0 Å². The molecule has 0 radical (unpaired) electrons. The minimum Gasteiger partial charge on any atom is -0.360 e. The van der Waals surface area contributed by atoms with Crippen molar-refractivity contribution in [1.29, 1.82) is 0 Å². The SMILES string of the molecule is Cc1sc2nc(CN3CCN(C(=S)NC4CCCCC4)CC3)[nH]c(=O)c2c1C. The number of aryl methyl sites for hydroxylation is 2. The van der Waals surface area contributed by atoms with Crippen molar-refractivity contribution in [3.05, 3.63) is 26.6 Å². The molecule has 152 valence electrons. The summed E-state index contributed by atoms with van der Waals surface area (Å²) in [6.07, 6.45) is 6.46. The van der Waals surface area contributed by atoms with Crippen molar-refractivity contribution in [2.45, 2.75) is 58.5 Å². The lowest BCUT2D eigenvalue weighted by Gasteiger charge is -2.37. The Hall–Kier alpha value is -1.51. The number of nitrogens with one attached hydrogen (secondary N) is 2. The van der Waals surface area contributed by atoms with E-state index in [9.17, 15) is 4.79 Å². The summed E-state index contributed by atoms with van der Waals surface area (Å²) in [6, 6.07) is 0.554. The topological polar surface area (TPSA) is 64.3 Å². The summed E-state index contributed by atoms with van der Waals surface area (Å²) in [5, 5.41) is 5.22. The largest absolute Gasteiger partial charge is 0.360 e. The smallest absolute Gasteiger partial charge is 0.259 e. The summed E-state index contributed by atoms with van der Waals surface area (Å²) >= 11 is 7.25. The summed E-state index contributed by atoms with van der Waals surface area (Å²) in [5.74, 6) is 0.759. The predicted octanol–water partition coefficient (Wildman–Crippen LogP) is 2.93. The molecule has 2 aromatic heterocycles. The van der Waals surface area contributed by atoms with Crippen LogP contribution in [0, 0.1) is 13.8 Å². The first-order valence-corrected chi connectivity index (χ1v) is 11.5. The Labute approximate surface area is 175 Å². The molecule has 3 heterocycles. The van der Waals surface area contributed by atoms with E-state index in [-0.39, 0.29) is 5.56 Å². The lowest BCUT2D eigenvalue weighted by atomic mass is 9.96. The highest BCUT2D eigenvalue weighted by Gasteiger charge is 2.22. The number of aromatic nitrogens is 2. The molecule has 2 aromatic rings. The second-order valence-electron chi connectivity index (χ2n) is 8.02. The van der Waals surface area contributed by atoms with Gasteiger partial charge in [-0.1, -0.05) is 19.3 Å². The third-order valence-electron chi connectivity index (χ3n) is 6.05. The Morgan fingerprint density at radius 3 is 2.64 bits per heavy atom. The molecule has 2 fully saturated rings. The lowest BCUT2D eigenvalue weighted by Crippen LogP contribution is -2.53. The number of fused-ring (bicyclic) bond motifs is 1. The molecular weight excluding hydrogens is 390 g/mol. The Bertz CT molecular complexity index is 907. The van der Waals surface area contributed by atoms with Gasteiger partial charge in [0, 0.05) is 37.1 Å². The zero-order valence-electron chi connectivity index (χ0n) is 16.7. The summed E-state index contributed by atoms with van der Waals surface area (Å²) in [4.78, 5) is 26.8. The first-order chi connectivity index (χ1) is 13.5. The quantitative estimate of drug-likeness (QED) is 0.746. The Balaban J connectivity index is 1.33.